The van der Waals surface area contributed by atoms with Gasteiger partial charge in [-0.15, -0.1) is 0 Å². The number of anilines is 1. The first-order chi connectivity index (χ1) is 14.0. The third-order valence-corrected chi connectivity index (χ3v) is 8.23. The van der Waals surface area contributed by atoms with Gasteiger partial charge in [-0.3, -0.25) is 9.10 Å². The van der Waals surface area contributed by atoms with E-state index in [4.69, 9.17) is 4.74 Å². The summed E-state index contributed by atoms with van der Waals surface area (Å²) in [5, 5.41) is 0. The lowest BCUT2D eigenvalue weighted by molar-refractivity contribution is 0.0765. The van der Waals surface area contributed by atoms with Crippen LogP contribution in [-0.2, 0) is 21.2 Å². The smallest absolute Gasteiger partial charge is 0.264 e. The molecule has 152 valence electrons. The maximum atomic E-state index is 13.3. The van der Waals surface area contributed by atoms with Crippen LogP contribution in [0, 0.1) is 5.41 Å². The maximum absolute atomic E-state index is 13.3. The SMILES string of the molecule is O=C(c1cccc(S(=O)(=O)N2CCc3ccccc32)c1)N1CCC2(CCOC2)C1. The molecule has 0 radical (unpaired) electrons. The van der Waals surface area contributed by atoms with Gasteiger partial charge in [-0.1, -0.05) is 24.3 Å². The topological polar surface area (TPSA) is 66.9 Å². The molecule has 0 N–H and O–H groups in total. The number of carbonyl (C=O) groups is 1. The molecule has 1 unspecified atom stereocenters. The van der Waals surface area contributed by atoms with Gasteiger partial charge in [-0.2, -0.15) is 0 Å². The monoisotopic (exact) mass is 412 g/mol. The zero-order valence-corrected chi connectivity index (χ0v) is 17.0. The van der Waals surface area contributed by atoms with Gasteiger partial charge >= 0.3 is 0 Å². The normalized spacial score (nSPS) is 23.7. The second kappa shape index (κ2) is 6.85. The number of carbonyl (C=O) groups excluding carboxylic acids is 1. The molecule has 0 saturated carbocycles. The highest BCUT2D eigenvalue weighted by Crippen LogP contribution is 2.39. The predicted molar refractivity (Wildman–Crippen MR) is 110 cm³/mol. The molecule has 1 spiro atoms. The Kier molecular flexibility index (Phi) is 4.40. The summed E-state index contributed by atoms with van der Waals surface area (Å²) in [7, 11) is -3.71. The number of rotatable bonds is 3. The molecule has 7 heteroatoms. The molecule has 0 aliphatic carbocycles. The highest BCUT2D eigenvalue weighted by molar-refractivity contribution is 7.92. The largest absolute Gasteiger partial charge is 0.381 e. The van der Waals surface area contributed by atoms with E-state index in [-0.39, 0.29) is 16.2 Å². The quantitative estimate of drug-likeness (QED) is 0.777. The highest BCUT2D eigenvalue weighted by Gasteiger charge is 2.43. The first-order valence-electron chi connectivity index (χ1n) is 10.1. The zero-order chi connectivity index (χ0) is 20.1. The molecule has 2 aromatic rings. The van der Waals surface area contributed by atoms with Crippen molar-refractivity contribution in [1.82, 2.24) is 4.90 Å². The van der Waals surface area contributed by atoms with Crippen molar-refractivity contribution in [2.24, 2.45) is 5.41 Å². The summed E-state index contributed by atoms with van der Waals surface area (Å²) >= 11 is 0. The van der Waals surface area contributed by atoms with E-state index < -0.39 is 10.0 Å². The molecule has 0 aromatic heterocycles. The predicted octanol–water partition coefficient (Wildman–Crippen LogP) is 2.69. The van der Waals surface area contributed by atoms with Crippen LogP contribution < -0.4 is 4.31 Å². The standard InChI is InChI=1S/C22H24N2O4S/c25-21(23-12-9-22(15-23)10-13-28-16-22)18-5-3-6-19(14-18)29(26,27)24-11-8-17-4-1-2-7-20(17)24/h1-7,14H,8-13,15-16H2. The number of ether oxygens (including phenoxy) is 1. The number of para-hydroxylation sites is 1. The van der Waals surface area contributed by atoms with E-state index in [2.05, 4.69) is 0 Å². The van der Waals surface area contributed by atoms with Crippen molar-refractivity contribution in [3.05, 3.63) is 59.7 Å². The van der Waals surface area contributed by atoms with Gasteiger partial charge in [0.15, 0.2) is 0 Å². The van der Waals surface area contributed by atoms with Crippen LogP contribution in [0.1, 0.15) is 28.8 Å². The molecule has 3 aliphatic heterocycles. The van der Waals surface area contributed by atoms with E-state index >= 15 is 0 Å². The lowest BCUT2D eigenvalue weighted by atomic mass is 9.87. The number of amides is 1. The minimum Gasteiger partial charge on any atom is -0.381 e. The fourth-order valence-electron chi connectivity index (χ4n) is 4.74. The van der Waals surface area contributed by atoms with Crippen molar-refractivity contribution >= 4 is 21.6 Å². The van der Waals surface area contributed by atoms with Crippen molar-refractivity contribution in [3.63, 3.8) is 0 Å². The van der Waals surface area contributed by atoms with Crippen molar-refractivity contribution < 1.29 is 17.9 Å². The molecule has 2 saturated heterocycles. The summed E-state index contributed by atoms with van der Waals surface area (Å²) in [6.45, 7) is 3.27. The summed E-state index contributed by atoms with van der Waals surface area (Å²) in [6.07, 6.45) is 2.63. The van der Waals surface area contributed by atoms with Crippen LogP contribution in [0.25, 0.3) is 0 Å². The molecular weight excluding hydrogens is 388 g/mol. The molecule has 1 atom stereocenters. The van der Waals surface area contributed by atoms with Gasteiger partial charge in [0.25, 0.3) is 15.9 Å². The second-order valence-electron chi connectivity index (χ2n) is 8.26. The minimum atomic E-state index is -3.71. The number of fused-ring (bicyclic) bond motifs is 1. The van der Waals surface area contributed by atoms with Gasteiger partial charge in [-0.25, -0.2) is 8.42 Å². The van der Waals surface area contributed by atoms with Crippen LogP contribution in [0.2, 0.25) is 0 Å². The van der Waals surface area contributed by atoms with Gasteiger partial charge < -0.3 is 9.64 Å². The average Bonchev–Trinajstić information content (AvgIpc) is 3.48. The van der Waals surface area contributed by atoms with Gasteiger partial charge in [-0.05, 0) is 49.1 Å². The summed E-state index contributed by atoms with van der Waals surface area (Å²) < 4.78 is 33.6. The third kappa shape index (κ3) is 3.13. The number of hydrogen-bond acceptors (Lipinski definition) is 4. The molecular formula is C22H24N2O4S. The van der Waals surface area contributed by atoms with Gasteiger partial charge in [0.05, 0.1) is 17.2 Å². The van der Waals surface area contributed by atoms with Crippen LogP contribution in [-0.4, -0.2) is 52.1 Å². The first kappa shape index (κ1) is 18.6. The number of hydrogen-bond donors (Lipinski definition) is 0. The van der Waals surface area contributed by atoms with Crippen LogP contribution in [0.5, 0.6) is 0 Å². The van der Waals surface area contributed by atoms with Crippen LogP contribution >= 0.6 is 0 Å². The summed E-state index contributed by atoms with van der Waals surface area (Å²) in [5.41, 5.74) is 2.27. The number of sulfonamides is 1. The van der Waals surface area contributed by atoms with Gasteiger partial charge in [0.1, 0.15) is 0 Å². The van der Waals surface area contributed by atoms with Crippen molar-refractivity contribution in [1.29, 1.82) is 0 Å². The van der Waals surface area contributed by atoms with E-state index in [9.17, 15) is 13.2 Å². The third-order valence-electron chi connectivity index (χ3n) is 6.42. The summed E-state index contributed by atoms with van der Waals surface area (Å²) in [6, 6.07) is 14.0. The number of likely N-dealkylation sites (tertiary alicyclic amines) is 1. The van der Waals surface area contributed by atoms with E-state index in [0.29, 0.717) is 38.2 Å². The number of benzene rings is 2. The molecule has 5 rings (SSSR count). The Morgan fingerprint density at radius 1 is 1.03 bits per heavy atom. The second-order valence-corrected chi connectivity index (χ2v) is 10.1. The van der Waals surface area contributed by atoms with Gasteiger partial charge in [0, 0.05) is 37.2 Å². The Morgan fingerprint density at radius 3 is 2.72 bits per heavy atom. The van der Waals surface area contributed by atoms with Crippen molar-refractivity contribution in [2.75, 3.05) is 37.2 Å². The maximum Gasteiger partial charge on any atom is 0.264 e. The lowest BCUT2D eigenvalue weighted by Crippen LogP contribution is -2.33. The minimum absolute atomic E-state index is 0.0820. The Bertz CT molecular complexity index is 1060. The Hall–Kier alpha value is -2.38. The fraction of sp³-hybridized carbons (Fsp3) is 0.409. The number of nitrogens with zero attached hydrogens (tertiary/aromatic N) is 2. The van der Waals surface area contributed by atoms with E-state index in [1.54, 1.807) is 18.2 Å². The van der Waals surface area contributed by atoms with Crippen molar-refractivity contribution in [2.45, 2.75) is 24.2 Å². The average molecular weight is 413 g/mol. The molecule has 3 heterocycles. The van der Waals surface area contributed by atoms with E-state index in [0.717, 1.165) is 30.7 Å². The fourth-order valence-corrected chi connectivity index (χ4v) is 6.29. The van der Waals surface area contributed by atoms with E-state index in [1.807, 2.05) is 29.2 Å². The summed E-state index contributed by atoms with van der Waals surface area (Å²) in [4.78, 5) is 15.1. The Balaban J connectivity index is 1.41. The Morgan fingerprint density at radius 2 is 1.90 bits per heavy atom. The van der Waals surface area contributed by atoms with Gasteiger partial charge in [0.2, 0.25) is 0 Å². The Labute approximate surface area is 171 Å². The van der Waals surface area contributed by atoms with Crippen molar-refractivity contribution in [3.8, 4) is 0 Å². The molecule has 29 heavy (non-hydrogen) atoms. The molecule has 3 aliphatic rings. The summed E-state index contributed by atoms with van der Waals surface area (Å²) in [5.74, 6) is -0.104. The first-order valence-corrected chi connectivity index (χ1v) is 11.5. The molecule has 2 aromatic carbocycles. The molecule has 2 fully saturated rings. The molecule has 0 bridgehead atoms. The lowest BCUT2D eigenvalue weighted by Gasteiger charge is -2.23. The van der Waals surface area contributed by atoms with Crippen LogP contribution in [0.3, 0.4) is 0 Å². The van der Waals surface area contributed by atoms with Crippen LogP contribution in [0.15, 0.2) is 53.4 Å². The van der Waals surface area contributed by atoms with Crippen LogP contribution in [0.4, 0.5) is 5.69 Å². The van der Waals surface area contributed by atoms with E-state index in [1.165, 1.54) is 10.4 Å². The highest BCUT2D eigenvalue weighted by atomic mass is 32.2. The molecule has 1 amide bonds. The molecule has 6 nitrogen and oxygen atoms in total. The zero-order valence-electron chi connectivity index (χ0n) is 16.2.